The summed E-state index contributed by atoms with van der Waals surface area (Å²) in [5.41, 5.74) is 0.737. The molecular formula is C14H15BrClNO2S2. The molecule has 0 radical (unpaired) electrons. The zero-order chi connectivity index (χ0) is 15.6. The maximum absolute atomic E-state index is 12.8. The van der Waals surface area contributed by atoms with E-state index in [1.54, 1.807) is 25.1 Å². The van der Waals surface area contributed by atoms with E-state index >= 15 is 0 Å². The zero-order valence-corrected chi connectivity index (χ0v) is 15.6. The molecule has 0 fully saturated rings. The maximum atomic E-state index is 12.8. The fourth-order valence-electron chi connectivity index (χ4n) is 1.97. The average molecular weight is 409 g/mol. The van der Waals surface area contributed by atoms with E-state index in [2.05, 4.69) is 15.9 Å². The molecule has 1 aromatic carbocycles. The molecule has 1 heterocycles. The van der Waals surface area contributed by atoms with Gasteiger partial charge in [-0.1, -0.05) is 40.5 Å². The van der Waals surface area contributed by atoms with E-state index in [4.69, 9.17) is 11.6 Å². The molecule has 0 bridgehead atoms. The monoisotopic (exact) mass is 407 g/mol. The van der Waals surface area contributed by atoms with E-state index in [1.165, 1.54) is 15.6 Å². The van der Waals surface area contributed by atoms with E-state index in [0.717, 1.165) is 14.9 Å². The number of aryl methyl sites for hydroxylation is 1. The summed E-state index contributed by atoms with van der Waals surface area (Å²) in [6, 6.07) is 8.93. The van der Waals surface area contributed by atoms with Crippen molar-refractivity contribution in [2.24, 2.45) is 0 Å². The van der Waals surface area contributed by atoms with Crippen LogP contribution in [0.1, 0.15) is 17.4 Å². The van der Waals surface area contributed by atoms with Crippen molar-refractivity contribution in [3.05, 3.63) is 49.6 Å². The Morgan fingerprint density at radius 1 is 1.29 bits per heavy atom. The molecule has 0 amide bonds. The van der Waals surface area contributed by atoms with Gasteiger partial charge in [-0.15, -0.1) is 11.3 Å². The van der Waals surface area contributed by atoms with Crippen LogP contribution in [0.15, 0.2) is 39.7 Å². The first-order chi connectivity index (χ1) is 9.84. The highest BCUT2D eigenvalue weighted by Crippen LogP contribution is 2.27. The quantitative estimate of drug-likeness (QED) is 0.720. The fraction of sp³-hybridized carbons (Fsp3) is 0.286. The summed E-state index contributed by atoms with van der Waals surface area (Å²) >= 11 is 10.6. The molecule has 0 aliphatic rings. The third-order valence-electron chi connectivity index (χ3n) is 3.08. The van der Waals surface area contributed by atoms with Crippen LogP contribution in [0.5, 0.6) is 0 Å². The van der Waals surface area contributed by atoms with Gasteiger partial charge in [-0.05, 0) is 36.8 Å². The van der Waals surface area contributed by atoms with Gasteiger partial charge in [-0.3, -0.25) is 0 Å². The molecule has 0 saturated carbocycles. The van der Waals surface area contributed by atoms with E-state index < -0.39 is 10.0 Å². The SMILES string of the molecule is CCN(Cc1ccc(Cl)s1)S(=O)(=O)c1cc(Br)ccc1C. The zero-order valence-electron chi connectivity index (χ0n) is 11.6. The van der Waals surface area contributed by atoms with E-state index in [1.807, 2.05) is 19.1 Å². The fourth-order valence-corrected chi connectivity index (χ4v) is 5.34. The van der Waals surface area contributed by atoms with Gasteiger partial charge < -0.3 is 0 Å². The number of halogens is 2. The molecule has 0 N–H and O–H groups in total. The maximum Gasteiger partial charge on any atom is 0.243 e. The van der Waals surface area contributed by atoms with E-state index in [0.29, 0.717) is 22.3 Å². The Labute approximate surface area is 142 Å². The topological polar surface area (TPSA) is 37.4 Å². The minimum Gasteiger partial charge on any atom is -0.207 e. The number of thiophene rings is 1. The lowest BCUT2D eigenvalue weighted by molar-refractivity contribution is 0.426. The molecule has 0 unspecified atom stereocenters. The van der Waals surface area contributed by atoms with Gasteiger partial charge in [0.05, 0.1) is 9.23 Å². The summed E-state index contributed by atoms with van der Waals surface area (Å²) in [6.45, 7) is 4.38. The smallest absolute Gasteiger partial charge is 0.207 e. The Morgan fingerprint density at radius 3 is 2.57 bits per heavy atom. The van der Waals surface area contributed by atoms with Crippen molar-refractivity contribution in [3.8, 4) is 0 Å². The Hall–Kier alpha value is -0.400. The van der Waals surface area contributed by atoms with Gasteiger partial charge in [-0.25, -0.2) is 8.42 Å². The number of rotatable bonds is 5. The lowest BCUT2D eigenvalue weighted by Gasteiger charge is -2.21. The number of sulfonamides is 1. The molecule has 0 spiro atoms. The Morgan fingerprint density at radius 2 is 2.00 bits per heavy atom. The summed E-state index contributed by atoms with van der Waals surface area (Å²) in [5, 5.41) is 0. The van der Waals surface area contributed by atoms with Crippen LogP contribution in [-0.2, 0) is 16.6 Å². The first-order valence-electron chi connectivity index (χ1n) is 6.35. The third-order valence-corrected chi connectivity index (χ3v) is 6.85. The molecule has 0 aliphatic heterocycles. The largest absolute Gasteiger partial charge is 0.243 e. The minimum absolute atomic E-state index is 0.335. The standard InChI is InChI=1S/C14H15BrClNO2S2/c1-3-17(9-12-6-7-14(16)20-12)21(18,19)13-8-11(15)5-4-10(13)2/h4-8H,3,9H2,1-2H3. The molecule has 2 aromatic rings. The second-order valence-electron chi connectivity index (χ2n) is 4.55. The van der Waals surface area contributed by atoms with Gasteiger partial charge >= 0.3 is 0 Å². The van der Waals surface area contributed by atoms with Crippen molar-refractivity contribution in [1.82, 2.24) is 4.31 Å². The Balaban J connectivity index is 2.37. The molecule has 7 heteroatoms. The summed E-state index contributed by atoms with van der Waals surface area (Å²) in [4.78, 5) is 1.26. The van der Waals surface area contributed by atoms with Crippen LogP contribution in [-0.4, -0.2) is 19.3 Å². The van der Waals surface area contributed by atoms with E-state index in [9.17, 15) is 8.42 Å². The van der Waals surface area contributed by atoms with Crippen LogP contribution in [0.2, 0.25) is 4.34 Å². The third kappa shape index (κ3) is 3.87. The van der Waals surface area contributed by atoms with Crippen molar-refractivity contribution < 1.29 is 8.42 Å². The van der Waals surface area contributed by atoms with Crippen molar-refractivity contribution in [3.63, 3.8) is 0 Å². The van der Waals surface area contributed by atoms with E-state index in [-0.39, 0.29) is 0 Å². The molecule has 3 nitrogen and oxygen atoms in total. The lowest BCUT2D eigenvalue weighted by atomic mass is 10.2. The Bertz CT molecular complexity index is 743. The van der Waals surface area contributed by atoms with Crippen LogP contribution in [0.4, 0.5) is 0 Å². The predicted molar refractivity (Wildman–Crippen MR) is 91.5 cm³/mol. The van der Waals surface area contributed by atoms with Crippen LogP contribution in [0.25, 0.3) is 0 Å². The lowest BCUT2D eigenvalue weighted by Crippen LogP contribution is -2.30. The summed E-state index contributed by atoms with van der Waals surface area (Å²) in [6.07, 6.45) is 0. The predicted octanol–water partition coefficient (Wildman–Crippen LogP) is 4.68. The average Bonchev–Trinajstić information content (AvgIpc) is 2.84. The van der Waals surface area contributed by atoms with Crippen LogP contribution in [0, 0.1) is 6.92 Å². The first kappa shape index (κ1) is 17.0. The Kier molecular flexibility index (Phi) is 5.48. The summed E-state index contributed by atoms with van der Waals surface area (Å²) < 4.78 is 28.5. The molecular weight excluding hydrogens is 394 g/mol. The van der Waals surface area contributed by atoms with Gasteiger partial charge in [0.15, 0.2) is 0 Å². The van der Waals surface area contributed by atoms with Gasteiger partial charge in [0, 0.05) is 22.4 Å². The minimum atomic E-state index is -3.53. The van der Waals surface area contributed by atoms with Crippen LogP contribution >= 0.6 is 38.9 Å². The van der Waals surface area contributed by atoms with Crippen molar-refractivity contribution in [2.45, 2.75) is 25.3 Å². The van der Waals surface area contributed by atoms with Crippen LogP contribution < -0.4 is 0 Å². The molecule has 21 heavy (non-hydrogen) atoms. The summed E-state index contributed by atoms with van der Waals surface area (Å²) in [7, 11) is -3.53. The van der Waals surface area contributed by atoms with Gasteiger partial charge in [0.2, 0.25) is 10.0 Å². The van der Waals surface area contributed by atoms with Gasteiger partial charge in [0.1, 0.15) is 0 Å². The number of benzene rings is 1. The highest BCUT2D eigenvalue weighted by atomic mass is 79.9. The highest BCUT2D eigenvalue weighted by Gasteiger charge is 2.25. The molecule has 2 rings (SSSR count). The molecule has 0 aliphatic carbocycles. The van der Waals surface area contributed by atoms with Crippen molar-refractivity contribution >= 4 is 48.9 Å². The molecule has 0 saturated heterocycles. The molecule has 114 valence electrons. The number of nitrogens with zero attached hydrogens (tertiary/aromatic N) is 1. The molecule has 1 aromatic heterocycles. The summed E-state index contributed by atoms with van der Waals surface area (Å²) in [5.74, 6) is 0. The first-order valence-corrected chi connectivity index (χ1v) is 9.78. The highest BCUT2D eigenvalue weighted by molar-refractivity contribution is 9.10. The van der Waals surface area contributed by atoms with Crippen molar-refractivity contribution in [2.75, 3.05) is 6.54 Å². The van der Waals surface area contributed by atoms with Crippen molar-refractivity contribution in [1.29, 1.82) is 0 Å². The normalized spacial score (nSPS) is 12.0. The second kappa shape index (κ2) is 6.79. The van der Waals surface area contributed by atoms with Gasteiger partial charge in [0.25, 0.3) is 0 Å². The second-order valence-corrected chi connectivity index (χ2v) is 9.17. The number of hydrogen-bond acceptors (Lipinski definition) is 3. The number of hydrogen-bond donors (Lipinski definition) is 0. The van der Waals surface area contributed by atoms with Gasteiger partial charge in [-0.2, -0.15) is 4.31 Å². The molecule has 0 atom stereocenters. The van der Waals surface area contributed by atoms with Crippen LogP contribution in [0.3, 0.4) is 0 Å².